The van der Waals surface area contributed by atoms with Gasteiger partial charge in [-0.3, -0.25) is 9.78 Å². The van der Waals surface area contributed by atoms with Crippen molar-refractivity contribution in [2.75, 3.05) is 5.33 Å². The zero-order chi connectivity index (χ0) is 16.4. The number of ketones is 1. The highest BCUT2D eigenvalue weighted by atomic mass is 79.9. The maximum atomic E-state index is 13.6. The third-order valence-electron chi connectivity index (χ3n) is 5.30. The van der Waals surface area contributed by atoms with Crippen molar-refractivity contribution >= 4 is 32.6 Å². The summed E-state index contributed by atoms with van der Waals surface area (Å²) >= 11 is 3.27. The number of aromatic nitrogens is 1. The smallest absolute Gasteiger partial charge is 0.146 e. The molecule has 1 fully saturated rings. The number of rotatable bonds is 4. The Balaban J connectivity index is 1.78. The molecule has 122 valence electrons. The molecule has 1 aliphatic rings. The number of carbonyl (C=O) groups excluding carboxylic acids is 1. The topological polar surface area (TPSA) is 30.0 Å². The molecule has 0 radical (unpaired) electrons. The molecule has 2 aromatic rings. The third-order valence-corrected chi connectivity index (χ3v) is 5.85. The van der Waals surface area contributed by atoms with Gasteiger partial charge in [0.25, 0.3) is 0 Å². The van der Waals surface area contributed by atoms with E-state index in [0.717, 1.165) is 36.6 Å². The predicted octanol–water partition coefficient (Wildman–Crippen LogP) is 5.25. The molecule has 1 heterocycles. The Morgan fingerprint density at radius 2 is 2.04 bits per heavy atom. The number of hydrogen-bond acceptors (Lipinski definition) is 2. The lowest BCUT2D eigenvalue weighted by molar-refractivity contribution is -0.121. The largest absolute Gasteiger partial charge is 0.298 e. The minimum absolute atomic E-state index is 0.127. The lowest BCUT2D eigenvalue weighted by Gasteiger charge is -2.32. The second-order valence-electron chi connectivity index (χ2n) is 6.56. The summed E-state index contributed by atoms with van der Waals surface area (Å²) in [5.41, 5.74) is 2.06. The number of pyridine rings is 1. The Kier molecular flexibility index (Phi) is 5.10. The van der Waals surface area contributed by atoms with Gasteiger partial charge in [0.15, 0.2) is 0 Å². The van der Waals surface area contributed by atoms with Gasteiger partial charge in [0.05, 0.1) is 10.8 Å². The first-order valence-electron chi connectivity index (χ1n) is 8.23. The van der Waals surface area contributed by atoms with E-state index in [1.807, 2.05) is 19.2 Å². The van der Waals surface area contributed by atoms with Crippen molar-refractivity contribution in [2.45, 2.75) is 38.5 Å². The Bertz CT molecular complexity index is 710. The van der Waals surface area contributed by atoms with E-state index in [-0.39, 0.29) is 11.7 Å². The Hall–Kier alpha value is -1.29. The van der Waals surface area contributed by atoms with E-state index >= 15 is 0 Å². The second-order valence-corrected chi connectivity index (χ2v) is 7.12. The number of hydrogen-bond donors (Lipinski definition) is 0. The van der Waals surface area contributed by atoms with Gasteiger partial charge < -0.3 is 0 Å². The molecule has 0 aliphatic heterocycles. The SMILES string of the molecule is C[C@@H](C(=O)CBr)[C@H]1CC[C@@H](c2ccnc3ccc(F)cc32)CC1. The summed E-state index contributed by atoms with van der Waals surface area (Å²) in [6.45, 7) is 2.05. The van der Waals surface area contributed by atoms with E-state index in [1.165, 1.54) is 11.6 Å². The van der Waals surface area contributed by atoms with Crippen LogP contribution in [0.15, 0.2) is 30.5 Å². The molecule has 1 atom stereocenters. The molecule has 0 unspecified atom stereocenters. The van der Waals surface area contributed by atoms with Crippen LogP contribution in [0.4, 0.5) is 4.39 Å². The van der Waals surface area contributed by atoms with Gasteiger partial charge in [-0.2, -0.15) is 0 Å². The van der Waals surface area contributed by atoms with E-state index in [9.17, 15) is 9.18 Å². The summed E-state index contributed by atoms with van der Waals surface area (Å²) < 4.78 is 13.6. The van der Waals surface area contributed by atoms with Crippen LogP contribution in [0.2, 0.25) is 0 Å². The standard InChI is InChI=1S/C19H21BrFNO/c1-12(19(23)11-20)13-2-4-14(5-3-13)16-8-9-22-18-7-6-15(21)10-17(16)18/h6-10,12-14H,2-5,11H2,1H3/t12-,13-,14+/m1/s1. The molecule has 0 N–H and O–H groups in total. The van der Waals surface area contributed by atoms with Crippen LogP contribution in [-0.2, 0) is 4.79 Å². The molecule has 0 amide bonds. The van der Waals surface area contributed by atoms with E-state index in [2.05, 4.69) is 20.9 Å². The van der Waals surface area contributed by atoms with Crippen molar-refractivity contribution in [3.05, 3.63) is 41.8 Å². The molecule has 0 bridgehead atoms. The molecule has 4 heteroatoms. The van der Waals surface area contributed by atoms with Gasteiger partial charge in [-0.05, 0) is 67.3 Å². The van der Waals surface area contributed by atoms with Crippen LogP contribution < -0.4 is 0 Å². The summed E-state index contributed by atoms with van der Waals surface area (Å²) in [5.74, 6) is 1.12. The molecule has 0 spiro atoms. The lowest BCUT2D eigenvalue weighted by atomic mass is 9.73. The number of Topliss-reactive ketones (excluding diaryl/α,β-unsaturated/α-hetero) is 1. The molecule has 2 nitrogen and oxygen atoms in total. The van der Waals surface area contributed by atoms with Crippen LogP contribution in [-0.4, -0.2) is 16.1 Å². The van der Waals surface area contributed by atoms with Crippen molar-refractivity contribution in [3.8, 4) is 0 Å². The summed E-state index contributed by atoms with van der Waals surface area (Å²) in [4.78, 5) is 16.2. The number of halogens is 2. The number of carbonyl (C=O) groups is 1. The highest BCUT2D eigenvalue weighted by molar-refractivity contribution is 9.09. The van der Waals surface area contributed by atoms with Gasteiger partial charge in [-0.25, -0.2) is 4.39 Å². The summed E-state index contributed by atoms with van der Waals surface area (Å²) in [6.07, 6.45) is 6.05. The maximum absolute atomic E-state index is 13.6. The zero-order valence-corrected chi connectivity index (χ0v) is 14.9. The van der Waals surface area contributed by atoms with Crippen LogP contribution in [0.3, 0.4) is 0 Å². The Morgan fingerprint density at radius 1 is 1.30 bits per heavy atom. The zero-order valence-electron chi connectivity index (χ0n) is 13.3. The fourth-order valence-electron chi connectivity index (χ4n) is 3.81. The minimum Gasteiger partial charge on any atom is -0.298 e. The number of nitrogens with zero attached hydrogens (tertiary/aromatic N) is 1. The number of alkyl halides is 1. The van der Waals surface area contributed by atoms with Crippen LogP contribution in [0.1, 0.15) is 44.1 Å². The molecule has 1 saturated carbocycles. The van der Waals surface area contributed by atoms with Crippen LogP contribution in [0.5, 0.6) is 0 Å². The van der Waals surface area contributed by atoms with Crippen molar-refractivity contribution in [2.24, 2.45) is 11.8 Å². The number of fused-ring (bicyclic) bond motifs is 1. The molecular weight excluding hydrogens is 357 g/mol. The highest BCUT2D eigenvalue weighted by Crippen LogP contribution is 2.40. The van der Waals surface area contributed by atoms with Gasteiger partial charge in [-0.15, -0.1) is 0 Å². The summed E-state index contributed by atoms with van der Waals surface area (Å²) in [5, 5.41) is 1.38. The average Bonchev–Trinajstić information content (AvgIpc) is 2.60. The molecular formula is C19H21BrFNO. The maximum Gasteiger partial charge on any atom is 0.146 e. The lowest BCUT2D eigenvalue weighted by Crippen LogP contribution is -2.26. The first-order valence-corrected chi connectivity index (χ1v) is 9.35. The van der Waals surface area contributed by atoms with E-state index < -0.39 is 0 Å². The van der Waals surface area contributed by atoms with Crippen molar-refractivity contribution in [3.63, 3.8) is 0 Å². The first-order chi connectivity index (χ1) is 11.1. The van der Waals surface area contributed by atoms with Crippen molar-refractivity contribution < 1.29 is 9.18 Å². The average molecular weight is 378 g/mol. The van der Waals surface area contributed by atoms with Gasteiger partial charge >= 0.3 is 0 Å². The van der Waals surface area contributed by atoms with E-state index in [0.29, 0.717) is 22.9 Å². The van der Waals surface area contributed by atoms with Gasteiger partial charge in [0, 0.05) is 17.5 Å². The van der Waals surface area contributed by atoms with E-state index in [4.69, 9.17) is 0 Å². The third kappa shape index (κ3) is 3.47. The number of benzene rings is 1. The van der Waals surface area contributed by atoms with Crippen LogP contribution >= 0.6 is 15.9 Å². The van der Waals surface area contributed by atoms with Crippen LogP contribution in [0.25, 0.3) is 10.9 Å². The van der Waals surface area contributed by atoms with Crippen LogP contribution in [0, 0.1) is 17.7 Å². The molecule has 1 aliphatic carbocycles. The molecule has 3 rings (SSSR count). The van der Waals surface area contributed by atoms with Crippen molar-refractivity contribution in [1.82, 2.24) is 4.98 Å². The Labute approximate surface area is 144 Å². The second kappa shape index (κ2) is 7.08. The van der Waals surface area contributed by atoms with Crippen molar-refractivity contribution in [1.29, 1.82) is 0 Å². The molecule has 0 saturated heterocycles. The first kappa shape index (κ1) is 16.6. The van der Waals surface area contributed by atoms with Gasteiger partial charge in [0.2, 0.25) is 0 Å². The summed E-state index contributed by atoms with van der Waals surface area (Å²) in [7, 11) is 0. The molecule has 23 heavy (non-hydrogen) atoms. The minimum atomic E-state index is -0.211. The van der Waals surface area contributed by atoms with Gasteiger partial charge in [-0.1, -0.05) is 22.9 Å². The normalized spacial score (nSPS) is 22.9. The highest BCUT2D eigenvalue weighted by Gasteiger charge is 2.29. The summed E-state index contributed by atoms with van der Waals surface area (Å²) in [6, 6.07) is 6.83. The Morgan fingerprint density at radius 3 is 2.74 bits per heavy atom. The molecule has 1 aromatic carbocycles. The van der Waals surface area contributed by atoms with Gasteiger partial charge in [0.1, 0.15) is 11.6 Å². The molecule has 1 aromatic heterocycles. The monoisotopic (exact) mass is 377 g/mol. The predicted molar refractivity (Wildman–Crippen MR) is 94.4 cm³/mol. The fraction of sp³-hybridized carbons (Fsp3) is 0.474. The van der Waals surface area contributed by atoms with E-state index in [1.54, 1.807) is 12.1 Å². The fourth-order valence-corrected chi connectivity index (χ4v) is 4.32. The quantitative estimate of drug-likeness (QED) is 0.681.